The molecule has 3 nitrogen and oxygen atoms in total. The number of nitrogens with zero attached hydrogens (tertiary/aromatic N) is 2. The first-order chi connectivity index (χ1) is 6.81. The van der Waals surface area contributed by atoms with Gasteiger partial charge in [-0.15, -0.1) is 0 Å². The molecular weight excluding hydrogens is 244 g/mol. The number of hydrogen-bond donors (Lipinski definition) is 0. The van der Waals surface area contributed by atoms with Gasteiger partial charge in [-0.2, -0.15) is 5.10 Å². The van der Waals surface area contributed by atoms with Crippen LogP contribution in [0, 0.1) is 0 Å². The van der Waals surface area contributed by atoms with Crippen molar-refractivity contribution in [3.63, 3.8) is 0 Å². The van der Waals surface area contributed by atoms with E-state index in [1.54, 1.807) is 0 Å². The number of aryl methyl sites for hydroxylation is 1. The highest BCUT2D eigenvalue weighted by molar-refractivity contribution is 9.10. The third kappa shape index (κ3) is 2.01. The van der Waals surface area contributed by atoms with Crippen molar-refractivity contribution in [3.8, 4) is 0 Å². The number of rotatable bonds is 2. The first kappa shape index (κ1) is 10.2. The Morgan fingerprint density at radius 3 is 3.14 bits per heavy atom. The minimum Gasteiger partial charge on any atom is -0.357 e. The highest BCUT2D eigenvalue weighted by atomic mass is 79.9. The van der Waals surface area contributed by atoms with Gasteiger partial charge in [0.05, 0.1) is 0 Å². The molecule has 0 radical (unpaired) electrons. The summed E-state index contributed by atoms with van der Waals surface area (Å²) in [6.45, 7) is 3.01. The molecular formula is C10H15BrN2O. The van der Waals surface area contributed by atoms with Gasteiger partial charge in [-0.1, -0.05) is 6.92 Å². The van der Waals surface area contributed by atoms with Crippen LogP contribution in [0.2, 0.25) is 0 Å². The van der Waals surface area contributed by atoms with Gasteiger partial charge in [0.25, 0.3) is 0 Å². The van der Waals surface area contributed by atoms with E-state index in [9.17, 15) is 0 Å². The van der Waals surface area contributed by atoms with Crippen molar-refractivity contribution in [2.75, 3.05) is 6.61 Å². The molecule has 0 amide bonds. The lowest BCUT2D eigenvalue weighted by molar-refractivity contribution is -0.0411. The van der Waals surface area contributed by atoms with Crippen LogP contribution in [0.3, 0.4) is 0 Å². The molecule has 0 N–H and O–H groups in total. The molecule has 1 aliphatic heterocycles. The number of aromatic nitrogens is 2. The van der Waals surface area contributed by atoms with Crippen LogP contribution in [0.5, 0.6) is 0 Å². The summed E-state index contributed by atoms with van der Waals surface area (Å²) in [6.07, 6.45) is 4.66. The third-order valence-electron chi connectivity index (χ3n) is 2.57. The third-order valence-corrected chi connectivity index (χ3v) is 2.96. The molecule has 1 aromatic rings. The summed E-state index contributed by atoms with van der Waals surface area (Å²) in [6, 6.07) is 2.07. The van der Waals surface area contributed by atoms with E-state index < -0.39 is 0 Å². The zero-order chi connectivity index (χ0) is 9.97. The molecule has 2 heterocycles. The van der Waals surface area contributed by atoms with Crippen LogP contribution in [0.4, 0.5) is 0 Å². The number of ether oxygens (including phenoxy) is 1. The maximum Gasteiger partial charge on any atom is 0.150 e. The number of hydrogen-bond acceptors (Lipinski definition) is 2. The van der Waals surface area contributed by atoms with E-state index in [2.05, 4.69) is 34.0 Å². The fraction of sp³-hybridized carbons (Fsp3) is 0.700. The van der Waals surface area contributed by atoms with Gasteiger partial charge in [-0.3, -0.25) is 0 Å². The fourth-order valence-electron chi connectivity index (χ4n) is 1.83. The maximum atomic E-state index is 5.70. The Labute approximate surface area is 92.6 Å². The quantitative estimate of drug-likeness (QED) is 0.816. The second-order valence-electron chi connectivity index (χ2n) is 3.58. The van der Waals surface area contributed by atoms with Gasteiger partial charge in [-0.05, 0) is 47.7 Å². The van der Waals surface area contributed by atoms with Crippen molar-refractivity contribution in [2.45, 2.75) is 38.8 Å². The van der Waals surface area contributed by atoms with Crippen molar-refractivity contribution in [1.82, 2.24) is 9.78 Å². The molecule has 14 heavy (non-hydrogen) atoms. The Balaban J connectivity index is 2.20. The summed E-state index contributed by atoms with van der Waals surface area (Å²) in [4.78, 5) is 0. The molecule has 0 aromatic carbocycles. The predicted octanol–water partition coefficient (Wildman–Crippen LogP) is 2.91. The van der Waals surface area contributed by atoms with Gasteiger partial charge in [0.1, 0.15) is 10.8 Å². The lowest BCUT2D eigenvalue weighted by atomic mass is 10.2. The van der Waals surface area contributed by atoms with Gasteiger partial charge < -0.3 is 4.74 Å². The number of halogens is 1. The molecule has 1 saturated heterocycles. The second kappa shape index (κ2) is 4.45. The molecule has 0 bridgehead atoms. The molecule has 1 aromatic heterocycles. The van der Waals surface area contributed by atoms with E-state index in [0.29, 0.717) is 0 Å². The molecule has 1 unspecified atom stereocenters. The Bertz CT molecular complexity index is 305. The van der Waals surface area contributed by atoms with Gasteiger partial charge in [0.2, 0.25) is 0 Å². The minimum absolute atomic E-state index is 0.157. The summed E-state index contributed by atoms with van der Waals surface area (Å²) in [5.41, 5.74) is 1.24. The predicted molar refractivity (Wildman–Crippen MR) is 58.1 cm³/mol. The normalized spacial score (nSPS) is 22.6. The van der Waals surface area contributed by atoms with Crippen LogP contribution >= 0.6 is 15.9 Å². The van der Waals surface area contributed by atoms with Crippen LogP contribution in [0.15, 0.2) is 10.7 Å². The highest BCUT2D eigenvalue weighted by Gasteiger charge is 2.19. The first-order valence-corrected chi connectivity index (χ1v) is 5.96. The Morgan fingerprint density at radius 2 is 2.50 bits per heavy atom. The van der Waals surface area contributed by atoms with E-state index in [1.165, 1.54) is 18.5 Å². The Morgan fingerprint density at radius 1 is 1.64 bits per heavy atom. The molecule has 1 aliphatic rings. The molecule has 2 rings (SSSR count). The van der Waals surface area contributed by atoms with Crippen molar-refractivity contribution in [1.29, 1.82) is 0 Å². The lowest BCUT2D eigenvalue weighted by Crippen LogP contribution is -2.20. The van der Waals surface area contributed by atoms with Crippen molar-refractivity contribution >= 4 is 15.9 Å². The molecule has 0 saturated carbocycles. The Hall–Kier alpha value is -0.350. The topological polar surface area (TPSA) is 27.1 Å². The largest absolute Gasteiger partial charge is 0.357 e. The van der Waals surface area contributed by atoms with Gasteiger partial charge >= 0.3 is 0 Å². The standard InChI is InChI=1S/C10H15BrN2O/c1-2-8-7-9(11)12-13(8)10-5-3-4-6-14-10/h7,10H,2-6H2,1H3. The minimum atomic E-state index is 0.157. The SMILES string of the molecule is CCc1cc(Br)nn1C1CCCCO1. The zero-order valence-corrected chi connectivity index (χ0v) is 9.96. The maximum absolute atomic E-state index is 5.70. The molecule has 0 spiro atoms. The summed E-state index contributed by atoms with van der Waals surface area (Å²) < 4.78 is 8.62. The molecule has 78 valence electrons. The average molecular weight is 259 g/mol. The van der Waals surface area contributed by atoms with Crippen LogP contribution in [-0.2, 0) is 11.2 Å². The van der Waals surface area contributed by atoms with Crippen molar-refractivity contribution < 1.29 is 4.74 Å². The first-order valence-electron chi connectivity index (χ1n) is 5.17. The van der Waals surface area contributed by atoms with E-state index >= 15 is 0 Å². The lowest BCUT2D eigenvalue weighted by Gasteiger charge is -2.24. The smallest absolute Gasteiger partial charge is 0.150 e. The fourth-order valence-corrected chi connectivity index (χ4v) is 2.26. The molecule has 0 aliphatic carbocycles. The highest BCUT2D eigenvalue weighted by Crippen LogP contribution is 2.25. The monoisotopic (exact) mass is 258 g/mol. The molecule has 1 fully saturated rings. The Kier molecular flexibility index (Phi) is 3.23. The summed E-state index contributed by atoms with van der Waals surface area (Å²) in [5.74, 6) is 0. The van der Waals surface area contributed by atoms with Crippen LogP contribution in [0.1, 0.15) is 38.1 Å². The average Bonchev–Trinajstić information content (AvgIpc) is 2.61. The van der Waals surface area contributed by atoms with Crippen molar-refractivity contribution in [3.05, 3.63) is 16.4 Å². The summed E-state index contributed by atoms with van der Waals surface area (Å²) >= 11 is 3.40. The second-order valence-corrected chi connectivity index (χ2v) is 4.39. The van der Waals surface area contributed by atoms with Gasteiger partial charge in [0.15, 0.2) is 0 Å². The van der Waals surface area contributed by atoms with Crippen LogP contribution in [-0.4, -0.2) is 16.4 Å². The van der Waals surface area contributed by atoms with Gasteiger partial charge in [-0.25, -0.2) is 4.68 Å². The van der Waals surface area contributed by atoms with Crippen LogP contribution in [0.25, 0.3) is 0 Å². The molecule has 1 atom stereocenters. The van der Waals surface area contributed by atoms with E-state index in [1.807, 2.05) is 4.68 Å². The van der Waals surface area contributed by atoms with Crippen LogP contribution < -0.4 is 0 Å². The molecule has 4 heteroatoms. The van der Waals surface area contributed by atoms with E-state index in [4.69, 9.17) is 4.74 Å². The van der Waals surface area contributed by atoms with Gasteiger partial charge in [0, 0.05) is 12.3 Å². The summed E-state index contributed by atoms with van der Waals surface area (Å²) in [5, 5.41) is 4.41. The van der Waals surface area contributed by atoms with E-state index in [-0.39, 0.29) is 6.23 Å². The summed E-state index contributed by atoms with van der Waals surface area (Å²) in [7, 11) is 0. The van der Waals surface area contributed by atoms with E-state index in [0.717, 1.165) is 24.1 Å². The van der Waals surface area contributed by atoms with Crippen molar-refractivity contribution in [2.24, 2.45) is 0 Å². The zero-order valence-electron chi connectivity index (χ0n) is 8.37.